The number of hydrogen-bond donors (Lipinski definition) is 0. The quantitative estimate of drug-likeness (QED) is 0.543. The predicted molar refractivity (Wildman–Crippen MR) is 114 cm³/mol. The summed E-state index contributed by atoms with van der Waals surface area (Å²) in [6, 6.07) is -0.266. The Morgan fingerprint density at radius 2 is 1.81 bits per heavy atom. The molecule has 4 fully saturated rings. The number of hydrogen-bond acceptors (Lipinski definition) is 7. The van der Waals surface area contributed by atoms with Crippen LogP contribution in [-0.2, 0) is 28.9 Å². The Kier molecular flexibility index (Phi) is 7.51. The Bertz CT molecular complexity index is 748. The largest absolute Gasteiger partial charge is 0.378 e. The van der Waals surface area contributed by atoms with Gasteiger partial charge < -0.3 is 19.3 Å². The van der Waals surface area contributed by atoms with Gasteiger partial charge in [0.05, 0.1) is 43.3 Å². The lowest BCUT2D eigenvalue weighted by molar-refractivity contribution is -0.143. The fraction of sp³-hybridized carbons (Fsp3) is 0.905. The summed E-state index contributed by atoms with van der Waals surface area (Å²) in [5.74, 6) is 0.227. The normalized spacial score (nSPS) is 31.6. The van der Waals surface area contributed by atoms with E-state index in [4.69, 9.17) is 9.47 Å². The van der Waals surface area contributed by atoms with E-state index in [1.807, 2.05) is 4.90 Å². The molecule has 31 heavy (non-hydrogen) atoms. The first kappa shape index (κ1) is 22.9. The zero-order valence-corrected chi connectivity index (χ0v) is 19.1. The molecule has 0 N–H and O–H groups in total. The van der Waals surface area contributed by atoms with Crippen molar-refractivity contribution in [3.63, 3.8) is 0 Å². The Hall–Kier alpha value is -1.23. The second kappa shape index (κ2) is 10.1. The number of sulfone groups is 1. The lowest BCUT2D eigenvalue weighted by Crippen LogP contribution is -2.52. The van der Waals surface area contributed by atoms with Crippen molar-refractivity contribution >= 4 is 21.7 Å². The van der Waals surface area contributed by atoms with Gasteiger partial charge in [0.2, 0.25) is 11.8 Å². The van der Waals surface area contributed by atoms with Crippen LogP contribution in [0.25, 0.3) is 0 Å². The molecule has 0 aromatic rings. The number of carbonyl (C=O) groups is 2. The van der Waals surface area contributed by atoms with Gasteiger partial charge in [0, 0.05) is 38.8 Å². The summed E-state index contributed by atoms with van der Waals surface area (Å²) in [4.78, 5) is 31.9. The van der Waals surface area contributed by atoms with E-state index in [-0.39, 0.29) is 47.9 Å². The van der Waals surface area contributed by atoms with E-state index in [0.29, 0.717) is 52.4 Å². The van der Waals surface area contributed by atoms with Gasteiger partial charge in [-0.25, -0.2) is 8.42 Å². The first-order valence-corrected chi connectivity index (χ1v) is 13.4. The molecule has 0 aromatic carbocycles. The number of likely N-dealkylation sites (tertiary alicyclic amines) is 1. The highest BCUT2D eigenvalue weighted by Crippen LogP contribution is 2.23. The van der Waals surface area contributed by atoms with Crippen molar-refractivity contribution < 1.29 is 27.5 Å². The third-order valence-corrected chi connectivity index (χ3v) is 8.68. The number of carbonyl (C=O) groups excluding carboxylic acids is 2. The number of piperidine rings is 1. The molecule has 4 saturated heterocycles. The van der Waals surface area contributed by atoms with Crippen molar-refractivity contribution in [3.05, 3.63) is 0 Å². The molecule has 4 aliphatic heterocycles. The molecule has 4 heterocycles. The van der Waals surface area contributed by atoms with Gasteiger partial charge in [-0.3, -0.25) is 14.5 Å². The lowest BCUT2D eigenvalue weighted by Gasteiger charge is -2.37. The number of amides is 2. The third kappa shape index (κ3) is 5.97. The number of morpholine rings is 1. The molecule has 10 heteroatoms. The summed E-state index contributed by atoms with van der Waals surface area (Å²) < 4.78 is 35.1. The molecule has 3 atom stereocenters. The Labute approximate surface area is 184 Å². The van der Waals surface area contributed by atoms with E-state index >= 15 is 0 Å². The molecule has 0 bridgehead atoms. The van der Waals surface area contributed by atoms with Crippen LogP contribution in [0.2, 0.25) is 0 Å². The van der Waals surface area contributed by atoms with Crippen molar-refractivity contribution in [2.24, 2.45) is 5.92 Å². The second-order valence-corrected chi connectivity index (χ2v) is 11.5. The molecule has 0 aromatic heterocycles. The van der Waals surface area contributed by atoms with E-state index < -0.39 is 9.84 Å². The molecular formula is C21H35N3O6S. The molecule has 4 aliphatic rings. The zero-order valence-electron chi connectivity index (χ0n) is 18.2. The van der Waals surface area contributed by atoms with Gasteiger partial charge in [-0.05, 0) is 38.6 Å². The van der Waals surface area contributed by atoms with E-state index in [9.17, 15) is 18.0 Å². The SMILES string of the molecule is O=C(C1CCCN(CC(=O)N(CC2CCCO2)C2CCS(=O)(=O)C2)C1)N1CCOCC1. The monoisotopic (exact) mass is 457 g/mol. The van der Waals surface area contributed by atoms with Gasteiger partial charge in [-0.1, -0.05) is 0 Å². The summed E-state index contributed by atoms with van der Waals surface area (Å²) in [5.41, 5.74) is 0. The number of nitrogens with zero attached hydrogens (tertiary/aromatic N) is 3. The smallest absolute Gasteiger partial charge is 0.237 e. The van der Waals surface area contributed by atoms with Crippen molar-refractivity contribution in [2.75, 3.05) is 70.6 Å². The van der Waals surface area contributed by atoms with Gasteiger partial charge >= 0.3 is 0 Å². The molecule has 4 rings (SSSR count). The van der Waals surface area contributed by atoms with E-state index in [0.717, 1.165) is 32.2 Å². The van der Waals surface area contributed by atoms with E-state index in [2.05, 4.69) is 4.90 Å². The standard InChI is InChI=1S/C21H35N3O6S/c25-20(24(14-19-4-2-9-30-19)18-5-12-31(27,28)16-18)15-22-6-1-3-17(13-22)21(26)23-7-10-29-11-8-23/h17-19H,1-16H2. The van der Waals surface area contributed by atoms with Crippen LogP contribution in [0.4, 0.5) is 0 Å². The molecule has 9 nitrogen and oxygen atoms in total. The number of rotatable bonds is 6. The van der Waals surface area contributed by atoms with Crippen molar-refractivity contribution in [2.45, 2.75) is 44.2 Å². The Balaban J connectivity index is 1.37. The van der Waals surface area contributed by atoms with Crippen LogP contribution in [-0.4, -0.2) is 118 Å². The summed E-state index contributed by atoms with van der Waals surface area (Å²) in [6.45, 7) is 5.21. The summed E-state index contributed by atoms with van der Waals surface area (Å²) >= 11 is 0. The van der Waals surface area contributed by atoms with Gasteiger partial charge in [0.25, 0.3) is 0 Å². The van der Waals surface area contributed by atoms with Crippen LogP contribution in [0.15, 0.2) is 0 Å². The molecule has 3 unspecified atom stereocenters. The molecule has 0 saturated carbocycles. The summed E-state index contributed by atoms with van der Waals surface area (Å²) in [6.07, 6.45) is 4.11. The van der Waals surface area contributed by atoms with Crippen LogP contribution in [0, 0.1) is 5.92 Å². The van der Waals surface area contributed by atoms with Crippen LogP contribution in [0.1, 0.15) is 32.1 Å². The summed E-state index contributed by atoms with van der Waals surface area (Å²) in [7, 11) is -3.08. The average Bonchev–Trinajstić information content (AvgIpc) is 3.41. The van der Waals surface area contributed by atoms with Gasteiger partial charge in [0.15, 0.2) is 9.84 Å². The molecular weight excluding hydrogens is 422 g/mol. The fourth-order valence-corrected chi connectivity index (χ4v) is 6.94. The van der Waals surface area contributed by atoms with Crippen molar-refractivity contribution in [1.82, 2.24) is 14.7 Å². The minimum absolute atomic E-state index is 0.00995. The highest BCUT2D eigenvalue weighted by atomic mass is 32.2. The van der Waals surface area contributed by atoms with Crippen LogP contribution >= 0.6 is 0 Å². The topological polar surface area (TPSA) is 96.5 Å². The average molecular weight is 458 g/mol. The highest BCUT2D eigenvalue weighted by molar-refractivity contribution is 7.91. The van der Waals surface area contributed by atoms with E-state index in [1.54, 1.807) is 4.90 Å². The predicted octanol–water partition coefficient (Wildman–Crippen LogP) is -0.248. The lowest BCUT2D eigenvalue weighted by atomic mass is 9.96. The first-order valence-electron chi connectivity index (χ1n) is 11.6. The molecule has 176 valence electrons. The second-order valence-electron chi connectivity index (χ2n) is 9.25. The minimum Gasteiger partial charge on any atom is -0.378 e. The third-order valence-electron chi connectivity index (χ3n) is 6.93. The number of ether oxygens (including phenoxy) is 2. The van der Waals surface area contributed by atoms with Crippen molar-refractivity contribution in [1.29, 1.82) is 0 Å². The maximum atomic E-state index is 13.3. The molecule has 0 aliphatic carbocycles. The first-order chi connectivity index (χ1) is 14.9. The fourth-order valence-electron chi connectivity index (χ4n) is 5.21. The Morgan fingerprint density at radius 1 is 1.00 bits per heavy atom. The van der Waals surface area contributed by atoms with Crippen LogP contribution < -0.4 is 0 Å². The summed E-state index contributed by atoms with van der Waals surface area (Å²) in [5, 5.41) is 0. The molecule has 0 spiro atoms. The highest BCUT2D eigenvalue weighted by Gasteiger charge is 2.38. The van der Waals surface area contributed by atoms with Crippen molar-refractivity contribution in [3.8, 4) is 0 Å². The minimum atomic E-state index is -3.08. The molecule has 2 amide bonds. The van der Waals surface area contributed by atoms with Crippen LogP contribution in [0.3, 0.4) is 0 Å². The maximum absolute atomic E-state index is 13.3. The van der Waals surface area contributed by atoms with Crippen LogP contribution in [0.5, 0.6) is 0 Å². The Morgan fingerprint density at radius 3 is 2.48 bits per heavy atom. The van der Waals surface area contributed by atoms with Gasteiger partial charge in [-0.2, -0.15) is 0 Å². The zero-order chi connectivity index (χ0) is 21.8. The molecule has 0 radical (unpaired) electrons. The van der Waals surface area contributed by atoms with Gasteiger partial charge in [-0.15, -0.1) is 0 Å². The maximum Gasteiger partial charge on any atom is 0.237 e. The van der Waals surface area contributed by atoms with Gasteiger partial charge in [0.1, 0.15) is 0 Å². The van der Waals surface area contributed by atoms with E-state index in [1.165, 1.54) is 0 Å².